The van der Waals surface area contributed by atoms with Crippen LogP contribution in [0.3, 0.4) is 0 Å². The van der Waals surface area contributed by atoms with Crippen molar-refractivity contribution in [3.8, 4) is 5.75 Å². The molecule has 1 heterocycles. The highest BCUT2D eigenvalue weighted by molar-refractivity contribution is 5.96. The predicted octanol–water partition coefficient (Wildman–Crippen LogP) is 0.742. The number of carbonyl (C=O) groups excluding carboxylic acids is 1. The lowest BCUT2D eigenvalue weighted by molar-refractivity contribution is -0.0474. The van der Waals surface area contributed by atoms with Crippen molar-refractivity contribution < 1.29 is 24.5 Å². The molecule has 1 atom stereocenters. The number of aliphatic hydroxyl groups is 2. The van der Waals surface area contributed by atoms with Gasteiger partial charge in [-0.3, -0.25) is 4.79 Å². The van der Waals surface area contributed by atoms with E-state index in [4.69, 9.17) is 14.6 Å². The first-order valence-electron chi connectivity index (χ1n) is 5.57. The minimum atomic E-state index is -1.43. The monoisotopic (exact) mass is 256 g/mol. The summed E-state index contributed by atoms with van der Waals surface area (Å²) in [6.45, 7) is 2.88. The molecule has 3 N–H and O–H groups in total. The lowest BCUT2D eigenvalue weighted by Crippen LogP contribution is -2.14. The molecule has 1 unspecified atom stereocenters. The molecule has 0 aliphatic carbocycles. The second kappa shape index (κ2) is 5.79. The van der Waals surface area contributed by atoms with E-state index in [9.17, 15) is 14.7 Å². The van der Waals surface area contributed by atoms with Crippen LogP contribution in [0.15, 0.2) is 15.3 Å². The Morgan fingerprint density at radius 3 is 2.44 bits per heavy atom. The lowest BCUT2D eigenvalue weighted by Gasteiger charge is -2.11. The molecule has 0 aliphatic rings. The quantitative estimate of drug-likeness (QED) is 0.529. The molecule has 0 bridgehead atoms. The lowest BCUT2D eigenvalue weighted by atomic mass is 10.0. The summed E-state index contributed by atoms with van der Waals surface area (Å²) < 4.78 is 4.94. The Hall–Kier alpha value is -1.66. The average molecular weight is 256 g/mol. The zero-order valence-electron chi connectivity index (χ0n) is 10.2. The van der Waals surface area contributed by atoms with Gasteiger partial charge in [0.25, 0.3) is 0 Å². The molecule has 0 saturated carbocycles. The number of carbonyl (C=O) groups is 1. The second-order valence-corrected chi connectivity index (χ2v) is 4.21. The van der Waals surface area contributed by atoms with Crippen LogP contribution < -0.4 is 5.63 Å². The van der Waals surface area contributed by atoms with Crippen LogP contribution >= 0.6 is 0 Å². The van der Waals surface area contributed by atoms with Crippen molar-refractivity contribution in [3.63, 3.8) is 0 Å². The molecule has 0 aromatic carbocycles. The number of ketones is 1. The average Bonchev–Trinajstić information content (AvgIpc) is 2.24. The summed E-state index contributed by atoms with van der Waals surface area (Å²) in [5.41, 5.74) is -1.25. The molecule has 0 saturated heterocycles. The largest absolute Gasteiger partial charge is 0.507 e. The van der Waals surface area contributed by atoms with Gasteiger partial charge in [0.15, 0.2) is 12.1 Å². The number of aliphatic hydroxyl groups excluding tert-OH is 1. The molecule has 1 aromatic heterocycles. The third-order valence-electron chi connectivity index (χ3n) is 2.65. The van der Waals surface area contributed by atoms with Gasteiger partial charge in [0.05, 0.1) is 0 Å². The maximum Gasteiger partial charge on any atom is 0.350 e. The summed E-state index contributed by atoms with van der Waals surface area (Å²) in [7, 11) is 0. The predicted molar refractivity (Wildman–Crippen MR) is 62.5 cm³/mol. The molecule has 0 fully saturated rings. The van der Waals surface area contributed by atoms with Gasteiger partial charge >= 0.3 is 5.63 Å². The highest BCUT2D eigenvalue weighted by Crippen LogP contribution is 2.24. The van der Waals surface area contributed by atoms with Crippen LogP contribution in [-0.2, 0) is 0 Å². The van der Waals surface area contributed by atoms with Crippen LogP contribution in [0, 0.1) is 0 Å². The van der Waals surface area contributed by atoms with E-state index in [0.29, 0.717) is 6.42 Å². The minimum Gasteiger partial charge on any atom is -0.507 e. The topological polar surface area (TPSA) is 108 Å². The van der Waals surface area contributed by atoms with E-state index in [1.807, 2.05) is 0 Å². The molecular weight excluding hydrogens is 240 g/mol. The molecule has 0 aliphatic heterocycles. The van der Waals surface area contributed by atoms with Gasteiger partial charge in [0.2, 0.25) is 0 Å². The van der Waals surface area contributed by atoms with Crippen LogP contribution in [0.2, 0.25) is 0 Å². The molecule has 0 amide bonds. The number of hydrogen-bond acceptors (Lipinski definition) is 6. The normalized spacial score (nSPS) is 12.7. The Labute approximate surface area is 103 Å². The Balaban J connectivity index is 2.99. The van der Waals surface area contributed by atoms with Gasteiger partial charge in [-0.2, -0.15) is 0 Å². The summed E-state index contributed by atoms with van der Waals surface area (Å²) in [6, 6.07) is 1.21. The van der Waals surface area contributed by atoms with Crippen molar-refractivity contribution in [2.75, 3.05) is 0 Å². The molecule has 0 radical (unpaired) electrons. The van der Waals surface area contributed by atoms with Gasteiger partial charge in [0.1, 0.15) is 17.1 Å². The second-order valence-electron chi connectivity index (χ2n) is 4.21. The fraction of sp³-hybridized carbons (Fsp3) is 0.500. The maximum atomic E-state index is 11.5. The molecule has 0 spiro atoms. The minimum absolute atomic E-state index is 0.125. The maximum absolute atomic E-state index is 11.5. The molecule has 6 heteroatoms. The van der Waals surface area contributed by atoms with Crippen LogP contribution in [0.4, 0.5) is 0 Å². The van der Waals surface area contributed by atoms with Crippen molar-refractivity contribution in [1.82, 2.24) is 0 Å². The molecular formula is C12H16O6. The number of hydrogen-bond donors (Lipinski definition) is 3. The van der Waals surface area contributed by atoms with Crippen LogP contribution in [0.25, 0.3) is 0 Å². The molecule has 6 nitrogen and oxygen atoms in total. The van der Waals surface area contributed by atoms with Crippen LogP contribution in [0.1, 0.15) is 48.7 Å². The van der Waals surface area contributed by atoms with Crippen LogP contribution in [-0.4, -0.2) is 27.4 Å². The molecule has 1 aromatic rings. The van der Waals surface area contributed by atoms with Gasteiger partial charge in [0, 0.05) is 12.0 Å². The standard InChI is InChI=1S/C12H16O6/c1-6(3-4-10(15)16)9-5-8(14)11(7(2)13)12(17)18-9/h5-6,10,14-16H,3-4H2,1-2H3. The first-order chi connectivity index (χ1) is 8.32. The van der Waals surface area contributed by atoms with Crippen molar-refractivity contribution >= 4 is 5.78 Å². The van der Waals surface area contributed by atoms with E-state index in [-0.39, 0.29) is 23.7 Å². The van der Waals surface area contributed by atoms with Gasteiger partial charge in [-0.1, -0.05) is 6.92 Å². The SMILES string of the molecule is CC(=O)c1c(O)cc(C(C)CCC(O)O)oc1=O. The fourth-order valence-corrected chi connectivity index (χ4v) is 1.61. The zero-order valence-corrected chi connectivity index (χ0v) is 10.2. The third kappa shape index (κ3) is 3.41. The van der Waals surface area contributed by atoms with E-state index in [1.54, 1.807) is 6.92 Å². The van der Waals surface area contributed by atoms with Gasteiger partial charge < -0.3 is 19.7 Å². The summed E-state index contributed by atoms with van der Waals surface area (Å²) in [5.74, 6) is -1.04. The summed E-state index contributed by atoms with van der Waals surface area (Å²) in [6.07, 6.45) is -0.927. The van der Waals surface area contributed by atoms with E-state index in [1.165, 1.54) is 6.07 Å². The Kier molecular flexibility index (Phi) is 4.63. The molecule has 18 heavy (non-hydrogen) atoms. The highest BCUT2D eigenvalue weighted by Gasteiger charge is 2.18. The number of Topliss-reactive ketones (excluding diaryl/α,β-unsaturated/α-hetero) is 1. The summed E-state index contributed by atoms with van der Waals surface area (Å²) in [4.78, 5) is 22.6. The Bertz CT molecular complexity index is 488. The molecule has 1 rings (SSSR count). The van der Waals surface area contributed by atoms with Gasteiger partial charge in [-0.05, 0) is 19.8 Å². The van der Waals surface area contributed by atoms with E-state index < -0.39 is 23.4 Å². The first-order valence-corrected chi connectivity index (χ1v) is 5.57. The Morgan fingerprint density at radius 2 is 2.00 bits per heavy atom. The number of rotatable bonds is 5. The highest BCUT2D eigenvalue weighted by atomic mass is 16.5. The van der Waals surface area contributed by atoms with Crippen molar-refractivity contribution in [3.05, 3.63) is 27.8 Å². The van der Waals surface area contributed by atoms with Crippen molar-refractivity contribution in [1.29, 1.82) is 0 Å². The molecule has 100 valence electrons. The summed E-state index contributed by atoms with van der Waals surface area (Å²) in [5, 5.41) is 27.1. The number of aromatic hydroxyl groups is 1. The van der Waals surface area contributed by atoms with E-state index in [2.05, 4.69) is 0 Å². The summed E-state index contributed by atoms with van der Waals surface area (Å²) >= 11 is 0. The van der Waals surface area contributed by atoms with Crippen molar-refractivity contribution in [2.45, 2.75) is 38.9 Å². The first kappa shape index (κ1) is 14.4. The third-order valence-corrected chi connectivity index (χ3v) is 2.65. The van der Waals surface area contributed by atoms with Gasteiger partial charge in [-0.25, -0.2) is 4.79 Å². The van der Waals surface area contributed by atoms with Crippen LogP contribution in [0.5, 0.6) is 5.75 Å². The fourth-order valence-electron chi connectivity index (χ4n) is 1.61. The Morgan fingerprint density at radius 1 is 1.39 bits per heavy atom. The van der Waals surface area contributed by atoms with Crippen molar-refractivity contribution in [2.24, 2.45) is 0 Å². The van der Waals surface area contributed by atoms with Gasteiger partial charge in [-0.15, -0.1) is 0 Å². The zero-order chi connectivity index (χ0) is 13.9. The van der Waals surface area contributed by atoms with E-state index in [0.717, 1.165) is 6.92 Å². The smallest absolute Gasteiger partial charge is 0.350 e. The van der Waals surface area contributed by atoms with E-state index >= 15 is 0 Å².